The van der Waals surface area contributed by atoms with E-state index in [0.717, 1.165) is 22.7 Å². The van der Waals surface area contributed by atoms with E-state index in [2.05, 4.69) is 15.3 Å². The van der Waals surface area contributed by atoms with E-state index in [1.807, 2.05) is 54.6 Å². The Kier molecular flexibility index (Phi) is 4.92. The van der Waals surface area contributed by atoms with Crippen LogP contribution in [0.3, 0.4) is 0 Å². The number of ether oxygens (including phenoxy) is 1. The number of ketones is 1. The average molecular weight is 357 g/mol. The number of Topliss-reactive ketones (excluding diaryl/α,β-unsaturated/α-hetero) is 1. The van der Waals surface area contributed by atoms with E-state index in [0.29, 0.717) is 30.8 Å². The van der Waals surface area contributed by atoms with Crippen LogP contribution >= 0.6 is 0 Å². The first-order valence-corrected chi connectivity index (χ1v) is 8.82. The first kappa shape index (κ1) is 17.0. The number of carbonyl (C=O) groups is 1. The van der Waals surface area contributed by atoms with Gasteiger partial charge in [0.1, 0.15) is 12.4 Å². The van der Waals surface area contributed by atoms with Gasteiger partial charge in [-0.2, -0.15) is 0 Å². The molecule has 0 amide bonds. The van der Waals surface area contributed by atoms with Gasteiger partial charge in [0.15, 0.2) is 5.78 Å². The summed E-state index contributed by atoms with van der Waals surface area (Å²) in [5.41, 5.74) is 4.19. The summed E-state index contributed by atoms with van der Waals surface area (Å²) in [5, 5.41) is 3.31. The molecule has 5 heteroatoms. The van der Waals surface area contributed by atoms with Gasteiger partial charge in [0.2, 0.25) is 0 Å². The fourth-order valence-corrected chi connectivity index (χ4v) is 2.92. The van der Waals surface area contributed by atoms with E-state index < -0.39 is 0 Å². The Morgan fingerprint density at radius 3 is 2.63 bits per heavy atom. The second-order valence-electron chi connectivity index (χ2n) is 6.32. The number of benzene rings is 2. The Hall–Kier alpha value is -3.47. The van der Waals surface area contributed by atoms with Crippen molar-refractivity contribution in [2.24, 2.45) is 4.99 Å². The van der Waals surface area contributed by atoms with Crippen LogP contribution in [0, 0.1) is 0 Å². The Balaban J connectivity index is 1.34. The summed E-state index contributed by atoms with van der Waals surface area (Å²) < 4.78 is 5.79. The van der Waals surface area contributed by atoms with E-state index in [9.17, 15) is 4.79 Å². The molecule has 1 aliphatic rings. The molecule has 3 aromatic rings. The number of carbonyl (C=O) groups excluding carboxylic acids is 1. The molecule has 4 rings (SSSR count). The molecule has 27 heavy (non-hydrogen) atoms. The molecule has 0 fully saturated rings. The Morgan fingerprint density at radius 2 is 1.81 bits per heavy atom. The summed E-state index contributed by atoms with van der Waals surface area (Å²) in [6.45, 7) is 1.06. The summed E-state index contributed by atoms with van der Waals surface area (Å²) in [4.78, 5) is 20.8. The van der Waals surface area contributed by atoms with E-state index in [1.54, 1.807) is 18.5 Å². The lowest BCUT2D eigenvalue weighted by atomic mass is 10.0. The average Bonchev–Trinajstić information content (AvgIpc) is 2.72. The molecule has 0 saturated heterocycles. The molecule has 134 valence electrons. The van der Waals surface area contributed by atoms with E-state index >= 15 is 0 Å². The number of fused-ring (bicyclic) bond motifs is 1. The van der Waals surface area contributed by atoms with Crippen LogP contribution in [-0.2, 0) is 6.61 Å². The Morgan fingerprint density at radius 1 is 1.00 bits per heavy atom. The highest BCUT2D eigenvalue weighted by Gasteiger charge is 2.19. The highest BCUT2D eigenvalue weighted by molar-refractivity contribution is 6.16. The van der Waals surface area contributed by atoms with Gasteiger partial charge in [-0.3, -0.25) is 14.8 Å². The molecule has 0 aliphatic carbocycles. The summed E-state index contributed by atoms with van der Waals surface area (Å²) in [7, 11) is 0. The summed E-state index contributed by atoms with van der Waals surface area (Å²) in [5.74, 6) is 0.901. The number of nitrogens with zero attached hydrogens (tertiary/aromatic N) is 2. The first-order valence-electron chi connectivity index (χ1n) is 8.82. The van der Waals surface area contributed by atoms with Crippen molar-refractivity contribution in [1.29, 1.82) is 0 Å². The van der Waals surface area contributed by atoms with Crippen molar-refractivity contribution in [2.45, 2.75) is 13.0 Å². The van der Waals surface area contributed by atoms with Crippen molar-refractivity contribution in [1.82, 2.24) is 4.98 Å². The summed E-state index contributed by atoms with van der Waals surface area (Å²) >= 11 is 0. The van der Waals surface area contributed by atoms with Crippen LogP contribution in [0.1, 0.15) is 22.3 Å². The minimum Gasteiger partial charge on any atom is -0.489 e. The minimum atomic E-state index is 0.0869. The van der Waals surface area contributed by atoms with Crippen molar-refractivity contribution in [3.8, 4) is 5.75 Å². The number of nitrogens with one attached hydrogen (secondary N) is 1. The zero-order valence-corrected chi connectivity index (χ0v) is 14.8. The van der Waals surface area contributed by atoms with Gasteiger partial charge in [0, 0.05) is 23.2 Å². The topological polar surface area (TPSA) is 63.6 Å². The third kappa shape index (κ3) is 4.20. The zero-order chi connectivity index (χ0) is 18.5. The van der Waals surface area contributed by atoms with Crippen LogP contribution in [-0.4, -0.2) is 23.0 Å². The van der Waals surface area contributed by atoms with Crippen LogP contribution in [0.5, 0.6) is 5.75 Å². The predicted octanol–water partition coefficient (Wildman–Crippen LogP) is 4.43. The van der Waals surface area contributed by atoms with Crippen LogP contribution in [0.2, 0.25) is 0 Å². The lowest BCUT2D eigenvalue weighted by Crippen LogP contribution is -2.21. The molecule has 2 aromatic carbocycles. The number of aliphatic imine (C=N–C) groups is 1. The van der Waals surface area contributed by atoms with Crippen LogP contribution in [0.15, 0.2) is 78.0 Å². The Labute approximate surface area is 157 Å². The van der Waals surface area contributed by atoms with Gasteiger partial charge in [0.05, 0.1) is 24.8 Å². The second-order valence-corrected chi connectivity index (χ2v) is 6.32. The quantitative estimate of drug-likeness (QED) is 0.709. The number of rotatable bonds is 6. The standard InChI is InChI=1S/C22H19N3O2/c26-22-12-18(25-21-14-23-11-10-20(21)22)13-24-17-6-8-19(9-7-17)27-15-16-4-2-1-3-5-16/h1-11,14,24H,12-13,15H2. The summed E-state index contributed by atoms with van der Waals surface area (Å²) in [6, 6.07) is 19.6. The smallest absolute Gasteiger partial charge is 0.170 e. The lowest BCUT2D eigenvalue weighted by Gasteiger charge is -2.15. The van der Waals surface area contributed by atoms with Gasteiger partial charge in [-0.25, -0.2) is 0 Å². The molecule has 0 saturated carbocycles. The molecule has 0 radical (unpaired) electrons. The maximum Gasteiger partial charge on any atom is 0.170 e. The van der Waals surface area contributed by atoms with Gasteiger partial charge >= 0.3 is 0 Å². The normalized spacial score (nSPS) is 12.9. The maximum atomic E-state index is 12.2. The fraction of sp³-hybridized carbons (Fsp3) is 0.136. The lowest BCUT2D eigenvalue weighted by molar-refractivity contribution is 0.0999. The number of anilines is 1. The zero-order valence-electron chi connectivity index (χ0n) is 14.8. The van der Waals surface area contributed by atoms with Gasteiger partial charge in [-0.1, -0.05) is 30.3 Å². The maximum absolute atomic E-state index is 12.2. The molecule has 1 aromatic heterocycles. The van der Waals surface area contributed by atoms with Crippen LogP contribution < -0.4 is 10.1 Å². The number of pyridine rings is 1. The molecule has 0 atom stereocenters. The third-order valence-corrected chi connectivity index (χ3v) is 4.34. The van der Waals surface area contributed by atoms with Crippen molar-refractivity contribution in [3.05, 3.63) is 84.2 Å². The molecule has 2 heterocycles. The number of hydrogen-bond acceptors (Lipinski definition) is 5. The van der Waals surface area contributed by atoms with Crippen molar-refractivity contribution in [2.75, 3.05) is 11.9 Å². The first-order chi connectivity index (χ1) is 13.3. The second kappa shape index (κ2) is 7.83. The monoisotopic (exact) mass is 357 g/mol. The van der Waals surface area contributed by atoms with Gasteiger partial charge in [-0.05, 0) is 35.9 Å². The van der Waals surface area contributed by atoms with Gasteiger partial charge in [-0.15, -0.1) is 0 Å². The Bertz CT molecular complexity index is 966. The highest BCUT2D eigenvalue weighted by Crippen LogP contribution is 2.24. The summed E-state index contributed by atoms with van der Waals surface area (Å²) in [6.07, 6.45) is 3.59. The molecular weight excluding hydrogens is 338 g/mol. The fourth-order valence-electron chi connectivity index (χ4n) is 2.92. The molecular formula is C22H19N3O2. The molecule has 0 spiro atoms. The highest BCUT2D eigenvalue weighted by atomic mass is 16.5. The largest absolute Gasteiger partial charge is 0.489 e. The van der Waals surface area contributed by atoms with E-state index in [1.165, 1.54) is 0 Å². The predicted molar refractivity (Wildman–Crippen MR) is 106 cm³/mol. The molecule has 0 bridgehead atoms. The van der Waals surface area contributed by atoms with Crippen molar-refractivity contribution >= 4 is 22.9 Å². The number of hydrogen-bond donors (Lipinski definition) is 1. The molecule has 5 nitrogen and oxygen atoms in total. The molecule has 1 N–H and O–H groups in total. The van der Waals surface area contributed by atoms with E-state index in [4.69, 9.17) is 4.74 Å². The van der Waals surface area contributed by atoms with Gasteiger partial charge in [0.25, 0.3) is 0 Å². The number of aromatic nitrogens is 1. The van der Waals surface area contributed by atoms with Gasteiger partial charge < -0.3 is 10.1 Å². The van der Waals surface area contributed by atoms with E-state index in [-0.39, 0.29) is 5.78 Å². The van der Waals surface area contributed by atoms with Crippen LogP contribution in [0.25, 0.3) is 0 Å². The van der Waals surface area contributed by atoms with Crippen molar-refractivity contribution < 1.29 is 9.53 Å². The molecule has 0 unspecified atom stereocenters. The van der Waals surface area contributed by atoms with Crippen LogP contribution in [0.4, 0.5) is 11.4 Å². The third-order valence-electron chi connectivity index (χ3n) is 4.34. The SMILES string of the molecule is O=C1CC(CNc2ccc(OCc3ccccc3)cc2)=Nc2cnccc21. The minimum absolute atomic E-state index is 0.0869. The molecule has 1 aliphatic heterocycles. The van der Waals surface area contributed by atoms with Crippen molar-refractivity contribution in [3.63, 3.8) is 0 Å².